The number of ether oxygens (including phenoxy) is 1. The Hall–Kier alpha value is -2.58. The van der Waals surface area contributed by atoms with Crippen LogP contribution in [0, 0.1) is 0 Å². The minimum atomic E-state index is -3.38. The topological polar surface area (TPSA) is 92.8 Å². The summed E-state index contributed by atoms with van der Waals surface area (Å²) in [6, 6.07) is 11.2. The van der Waals surface area contributed by atoms with Crippen LogP contribution in [0.4, 0.5) is 5.69 Å². The molecule has 1 aliphatic heterocycles. The Morgan fingerprint density at radius 2 is 1.97 bits per heavy atom. The average molecular weight is 451 g/mol. The molecule has 3 rings (SSSR count). The number of benzene rings is 2. The van der Waals surface area contributed by atoms with Crippen LogP contribution in [0.2, 0.25) is 5.02 Å². The van der Waals surface area contributed by atoms with E-state index in [4.69, 9.17) is 16.3 Å². The van der Waals surface area contributed by atoms with E-state index in [1.54, 1.807) is 42.5 Å². The number of hydrogen-bond acceptors (Lipinski definition) is 5. The molecule has 2 aromatic rings. The molecule has 1 amide bonds. The third kappa shape index (κ3) is 4.94. The van der Waals surface area contributed by atoms with E-state index in [0.29, 0.717) is 41.2 Å². The highest BCUT2D eigenvalue weighted by Gasteiger charge is 2.26. The van der Waals surface area contributed by atoms with E-state index in [0.717, 1.165) is 5.56 Å². The zero-order chi connectivity index (χ0) is 21.9. The van der Waals surface area contributed by atoms with Crippen molar-refractivity contribution in [2.24, 2.45) is 0 Å². The van der Waals surface area contributed by atoms with Gasteiger partial charge in [-0.25, -0.2) is 8.42 Å². The molecule has 9 heteroatoms. The molecule has 1 aliphatic rings. The molecule has 2 aromatic carbocycles. The van der Waals surface area contributed by atoms with E-state index >= 15 is 0 Å². The summed E-state index contributed by atoms with van der Waals surface area (Å²) >= 11 is 6.26. The van der Waals surface area contributed by atoms with Crippen molar-refractivity contribution in [2.45, 2.75) is 25.3 Å². The van der Waals surface area contributed by atoms with Crippen LogP contribution >= 0.6 is 11.6 Å². The number of methoxy groups -OCH3 is 1. The van der Waals surface area contributed by atoms with Crippen molar-refractivity contribution in [1.29, 1.82) is 0 Å². The Morgan fingerprint density at radius 3 is 2.63 bits per heavy atom. The highest BCUT2D eigenvalue weighted by molar-refractivity contribution is 7.92. The summed E-state index contributed by atoms with van der Waals surface area (Å²) in [6.45, 7) is 0.422. The molecule has 7 nitrogen and oxygen atoms in total. The van der Waals surface area contributed by atoms with Gasteiger partial charge in [-0.15, -0.1) is 0 Å². The van der Waals surface area contributed by atoms with Crippen LogP contribution in [-0.2, 0) is 26.0 Å². The van der Waals surface area contributed by atoms with E-state index in [1.807, 2.05) is 0 Å². The van der Waals surface area contributed by atoms with Crippen LogP contribution in [0.5, 0.6) is 0 Å². The lowest BCUT2D eigenvalue weighted by molar-refractivity contribution is -0.141. The molecule has 0 saturated heterocycles. The number of hydrogen-bond donors (Lipinski definition) is 1. The molecular formula is C21H23ClN2O5S. The lowest BCUT2D eigenvalue weighted by Gasteiger charge is -2.29. The highest BCUT2D eigenvalue weighted by Crippen LogP contribution is 2.31. The van der Waals surface area contributed by atoms with Gasteiger partial charge in [-0.3, -0.25) is 13.9 Å². The first-order valence-electron chi connectivity index (χ1n) is 9.43. The molecule has 0 aromatic heterocycles. The minimum absolute atomic E-state index is 0.0707. The zero-order valence-corrected chi connectivity index (χ0v) is 18.3. The molecule has 160 valence electrons. The van der Waals surface area contributed by atoms with Gasteiger partial charge >= 0.3 is 5.97 Å². The van der Waals surface area contributed by atoms with Gasteiger partial charge in [0.2, 0.25) is 10.0 Å². The molecule has 1 atom stereocenters. The normalized spacial score (nSPS) is 14.6. The second kappa shape index (κ2) is 9.06. The Balaban J connectivity index is 1.88. The quantitative estimate of drug-likeness (QED) is 0.682. The maximum atomic E-state index is 12.9. The molecule has 0 unspecified atom stereocenters. The molecule has 0 aliphatic carbocycles. The number of aryl methyl sites for hydroxylation is 1. The standard InChI is InChI=1S/C21H23ClN2O5S/c1-29-20(25)13-18(16-7-3-4-8-17(16)22)23-21(26)15-9-10-19-14(12-15)6-5-11-24(19)30(2,27)28/h3-4,7-10,12,18H,5-6,11,13H2,1-2H3,(H,23,26)/t18-/m1/s1. The molecule has 30 heavy (non-hydrogen) atoms. The largest absolute Gasteiger partial charge is 0.469 e. The van der Waals surface area contributed by atoms with E-state index < -0.39 is 22.0 Å². The van der Waals surface area contributed by atoms with E-state index in [2.05, 4.69) is 5.32 Å². The fraction of sp³-hybridized carbons (Fsp3) is 0.333. The van der Waals surface area contributed by atoms with Crippen molar-refractivity contribution in [3.8, 4) is 0 Å². The second-order valence-electron chi connectivity index (χ2n) is 7.11. The first-order valence-corrected chi connectivity index (χ1v) is 11.7. The third-order valence-electron chi connectivity index (χ3n) is 5.00. The first kappa shape index (κ1) is 22.1. The Morgan fingerprint density at radius 1 is 1.23 bits per heavy atom. The van der Waals surface area contributed by atoms with E-state index in [9.17, 15) is 18.0 Å². The van der Waals surface area contributed by atoms with Crippen LogP contribution < -0.4 is 9.62 Å². The van der Waals surface area contributed by atoms with Gasteiger partial charge in [0.25, 0.3) is 5.91 Å². The Kier molecular flexibility index (Phi) is 6.67. The number of fused-ring (bicyclic) bond motifs is 1. The molecule has 0 spiro atoms. The minimum Gasteiger partial charge on any atom is -0.469 e. The van der Waals surface area contributed by atoms with Crippen molar-refractivity contribution in [1.82, 2.24) is 5.32 Å². The maximum absolute atomic E-state index is 12.9. The highest BCUT2D eigenvalue weighted by atomic mass is 35.5. The molecule has 0 bridgehead atoms. The number of amides is 1. The zero-order valence-electron chi connectivity index (χ0n) is 16.7. The summed E-state index contributed by atoms with van der Waals surface area (Å²) in [5, 5.41) is 3.28. The summed E-state index contributed by atoms with van der Waals surface area (Å²) < 4.78 is 30.2. The van der Waals surface area contributed by atoms with Crippen LogP contribution in [-0.4, -0.2) is 40.2 Å². The number of rotatable bonds is 6. The number of nitrogens with zero attached hydrogens (tertiary/aromatic N) is 1. The average Bonchev–Trinajstić information content (AvgIpc) is 2.71. The lowest BCUT2D eigenvalue weighted by Crippen LogP contribution is -2.35. The number of esters is 1. The molecular weight excluding hydrogens is 428 g/mol. The van der Waals surface area contributed by atoms with E-state index in [-0.39, 0.29) is 12.3 Å². The first-order chi connectivity index (χ1) is 14.2. The van der Waals surface area contributed by atoms with Gasteiger partial charge in [-0.05, 0) is 48.2 Å². The Labute approximate surface area is 181 Å². The molecule has 0 fully saturated rings. The molecule has 0 radical (unpaired) electrons. The van der Waals surface area contributed by atoms with Crippen LogP contribution in [0.3, 0.4) is 0 Å². The maximum Gasteiger partial charge on any atom is 0.307 e. The van der Waals surface area contributed by atoms with Gasteiger partial charge in [0, 0.05) is 17.1 Å². The van der Waals surface area contributed by atoms with Gasteiger partial charge < -0.3 is 10.1 Å². The number of sulfonamides is 1. The summed E-state index contributed by atoms with van der Waals surface area (Å²) in [4.78, 5) is 24.8. The summed E-state index contributed by atoms with van der Waals surface area (Å²) in [5.41, 5.74) is 2.38. The van der Waals surface area contributed by atoms with Crippen LogP contribution in [0.25, 0.3) is 0 Å². The van der Waals surface area contributed by atoms with Gasteiger partial charge in [-0.2, -0.15) is 0 Å². The van der Waals surface area contributed by atoms with Crippen molar-refractivity contribution < 1.29 is 22.7 Å². The van der Waals surface area contributed by atoms with E-state index in [1.165, 1.54) is 17.7 Å². The fourth-order valence-electron chi connectivity index (χ4n) is 3.54. The predicted molar refractivity (Wildman–Crippen MR) is 115 cm³/mol. The van der Waals surface area contributed by atoms with Gasteiger partial charge in [-0.1, -0.05) is 29.8 Å². The summed E-state index contributed by atoms with van der Waals surface area (Å²) in [6.07, 6.45) is 2.46. The number of anilines is 1. The number of nitrogens with one attached hydrogen (secondary N) is 1. The number of halogens is 1. The van der Waals surface area contributed by atoms with Crippen molar-refractivity contribution in [2.75, 3.05) is 24.2 Å². The third-order valence-corrected chi connectivity index (χ3v) is 6.53. The smallest absolute Gasteiger partial charge is 0.307 e. The lowest BCUT2D eigenvalue weighted by atomic mass is 9.99. The monoisotopic (exact) mass is 450 g/mol. The second-order valence-corrected chi connectivity index (χ2v) is 9.42. The molecule has 1 heterocycles. The van der Waals surface area contributed by atoms with Crippen molar-refractivity contribution >= 4 is 39.2 Å². The Bertz CT molecular complexity index is 1070. The van der Waals surface area contributed by atoms with Crippen LogP contribution in [0.15, 0.2) is 42.5 Å². The molecule has 1 N–H and O–H groups in total. The van der Waals surface area contributed by atoms with Crippen LogP contribution in [0.1, 0.15) is 40.4 Å². The van der Waals surface area contributed by atoms with Gasteiger partial charge in [0.1, 0.15) is 0 Å². The van der Waals surface area contributed by atoms with Gasteiger partial charge in [0.05, 0.1) is 31.5 Å². The van der Waals surface area contributed by atoms with Crippen molar-refractivity contribution in [3.05, 3.63) is 64.2 Å². The number of carbonyl (C=O) groups is 2. The SMILES string of the molecule is COC(=O)C[C@@H](NC(=O)c1ccc2c(c1)CCCN2S(C)(=O)=O)c1ccccc1Cl. The summed E-state index contributed by atoms with van der Waals surface area (Å²) in [5.74, 6) is -0.863. The molecule has 0 saturated carbocycles. The predicted octanol–water partition coefficient (Wildman–Crippen LogP) is 3.09. The number of carbonyl (C=O) groups excluding carboxylic acids is 2. The van der Waals surface area contributed by atoms with Gasteiger partial charge in [0.15, 0.2) is 0 Å². The fourth-order valence-corrected chi connectivity index (χ4v) is 4.80. The van der Waals surface area contributed by atoms with Crippen molar-refractivity contribution in [3.63, 3.8) is 0 Å². The summed E-state index contributed by atoms with van der Waals surface area (Å²) in [7, 11) is -2.10.